The molecule has 0 unspecified atom stereocenters. The molecule has 0 spiro atoms. The van der Waals surface area contributed by atoms with Crippen LogP contribution >= 0.6 is 11.6 Å². The van der Waals surface area contributed by atoms with Gasteiger partial charge in [-0.2, -0.15) is 0 Å². The first-order chi connectivity index (χ1) is 11.9. The SMILES string of the molecule is O=C1Cc2cc(NS(=O)(=O)Cc3ccc(Cl)cc3)cc3c2N1CCC3. The Morgan fingerprint density at radius 3 is 2.60 bits per heavy atom. The van der Waals surface area contributed by atoms with E-state index < -0.39 is 10.0 Å². The molecule has 2 aliphatic heterocycles. The molecule has 4 rings (SSSR count). The molecule has 2 aromatic rings. The van der Waals surface area contributed by atoms with E-state index in [-0.39, 0.29) is 11.7 Å². The number of carbonyl (C=O) groups is 1. The number of rotatable bonds is 4. The monoisotopic (exact) mass is 376 g/mol. The first-order valence-corrected chi connectivity index (χ1v) is 10.2. The van der Waals surface area contributed by atoms with E-state index in [1.807, 2.05) is 11.0 Å². The molecule has 0 bridgehead atoms. The predicted molar refractivity (Wildman–Crippen MR) is 98.5 cm³/mol. The predicted octanol–water partition coefficient (Wildman–Crippen LogP) is 3.12. The molecule has 0 fully saturated rings. The number of sulfonamides is 1. The Hall–Kier alpha value is -2.05. The summed E-state index contributed by atoms with van der Waals surface area (Å²) in [6.45, 7) is 0.750. The number of hydrogen-bond donors (Lipinski definition) is 1. The summed E-state index contributed by atoms with van der Waals surface area (Å²) in [4.78, 5) is 13.9. The number of anilines is 2. The van der Waals surface area contributed by atoms with Crippen molar-refractivity contribution in [3.63, 3.8) is 0 Å². The summed E-state index contributed by atoms with van der Waals surface area (Å²) in [7, 11) is -3.54. The lowest BCUT2D eigenvalue weighted by atomic mass is 9.99. The Bertz CT molecular complexity index is 955. The molecule has 7 heteroatoms. The number of nitrogens with one attached hydrogen (secondary N) is 1. The van der Waals surface area contributed by atoms with Crippen LogP contribution in [-0.4, -0.2) is 20.9 Å². The fourth-order valence-corrected chi connectivity index (χ4v) is 4.86. The van der Waals surface area contributed by atoms with Crippen molar-refractivity contribution >= 4 is 38.9 Å². The van der Waals surface area contributed by atoms with Crippen molar-refractivity contribution in [1.29, 1.82) is 0 Å². The summed E-state index contributed by atoms with van der Waals surface area (Å²) in [5.74, 6) is -0.0288. The van der Waals surface area contributed by atoms with Crippen LogP contribution in [0.15, 0.2) is 36.4 Å². The molecule has 1 amide bonds. The second kappa shape index (κ2) is 6.04. The van der Waals surface area contributed by atoms with Gasteiger partial charge in [-0.25, -0.2) is 8.42 Å². The largest absolute Gasteiger partial charge is 0.312 e. The average molecular weight is 377 g/mol. The van der Waals surface area contributed by atoms with E-state index >= 15 is 0 Å². The molecule has 0 aromatic heterocycles. The minimum atomic E-state index is -3.54. The van der Waals surface area contributed by atoms with E-state index in [1.54, 1.807) is 30.3 Å². The maximum Gasteiger partial charge on any atom is 0.236 e. The van der Waals surface area contributed by atoms with Crippen molar-refractivity contribution in [2.45, 2.75) is 25.0 Å². The van der Waals surface area contributed by atoms with Gasteiger partial charge in [0, 0.05) is 17.3 Å². The van der Waals surface area contributed by atoms with Crippen LogP contribution in [0.2, 0.25) is 5.02 Å². The summed E-state index contributed by atoms with van der Waals surface area (Å²) in [6, 6.07) is 10.4. The van der Waals surface area contributed by atoms with Crippen LogP contribution in [0.3, 0.4) is 0 Å². The molecule has 0 aliphatic carbocycles. The van der Waals surface area contributed by atoms with E-state index in [9.17, 15) is 13.2 Å². The average Bonchev–Trinajstić information content (AvgIpc) is 2.86. The van der Waals surface area contributed by atoms with Gasteiger partial charge in [-0.3, -0.25) is 9.52 Å². The highest BCUT2D eigenvalue weighted by molar-refractivity contribution is 7.91. The number of halogens is 1. The van der Waals surface area contributed by atoms with Crippen LogP contribution in [0.25, 0.3) is 0 Å². The van der Waals surface area contributed by atoms with Crippen LogP contribution in [0.1, 0.15) is 23.1 Å². The van der Waals surface area contributed by atoms with Crippen molar-refractivity contribution in [2.75, 3.05) is 16.2 Å². The maximum absolute atomic E-state index is 12.5. The molecule has 25 heavy (non-hydrogen) atoms. The van der Waals surface area contributed by atoms with Gasteiger partial charge in [0.15, 0.2) is 0 Å². The van der Waals surface area contributed by atoms with E-state index in [0.29, 0.717) is 22.7 Å². The zero-order valence-electron chi connectivity index (χ0n) is 13.5. The molecule has 130 valence electrons. The molecule has 2 aliphatic rings. The van der Waals surface area contributed by atoms with Gasteiger partial charge in [0.1, 0.15) is 0 Å². The molecule has 2 heterocycles. The molecule has 1 N–H and O–H groups in total. The smallest absolute Gasteiger partial charge is 0.236 e. The van der Waals surface area contributed by atoms with Gasteiger partial charge in [-0.15, -0.1) is 0 Å². The Morgan fingerprint density at radius 2 is 1.84 bits per heavy atom. The highest BCUT2D eigenvalue weighted by Crippen LogP contribution is 2.39. The molecule has 0 atom stereocenters. The topological polar surface area (TPSA) is 66.5 Å². The Labute approximate surface area is 151 Å². The third-order valence-electron chi connectivity index (χ3n) is 4.55. The van der Waals surface area contributed by atoms with Crippen LogP contribution in [0.5, 0.6) is 0 Å². The first-order valence-electron chi connectivity index (χ1n) is 8.12. The number of carbonyl (C=O) groups excluding carboxylic acids is 1. The van der Waals surface area contributed by atoms with Crippen LogP contribution in [-0.2, 0) is 33.4 Å². The number of benzene rings is 2. The molecule has 0 saturated heterocycles. The normalized spacial score (nSPS) is 16.0. The molecule has 5 nitrogen and oxygen atoms in total. The Morgan fingerprint density at radius 1 is 1.12 bits per heavy atom. The van der Waals surface area contributed by atoms with Crippen molar-refractivity contribution in [2.24, 2.45) is 0 Å². The van der Waals surface area contributed by atoms with Crippen molar-refractivity contribution in [3.05, 3.63) is 58.1 Å². The second-order valence-electron chi connectivity index (χ2n) is 6.46. The van der Waals surface area contributed by atoms with Gasteiger partial charge in [0.05, 0.1) is 17.9 Å². The van der Waals surface area contributed by atoms with Crippen LogP contribution < -0.4 is 9.62 Å². The lowest BCUT2D eigenvalue weighted by Crippen LogP contribution is -2.31. The third-order valence-corrected chi connectivity index (χ3v) is 6.06. The maximum atomic E-state index is 12.5. The highest BCUT2D eigenvalue weighted by Gasteiger charge is 2.32. The minimum absolute atomic E-state index is 0.0946. The van der Waals surface area contributed by atoms with E-state index in [0.717, 1.165) is 36.2 Å². The lowest BCUT2D eigenvalue weighted by molar-refractivity contribution is -0.117. The van der Waals surface area contributed by atoms with Gasteiger partial charge in [0.25, 0.3) is 0 Å². The zero-order valence-corrected chi connectivity index (χ0v) is 15.0. The van der Waals surface area contributed by atoms with Gasteiger partial charge >= 0.3 is 0 Å². The van der Waals surface area contributed by atoms with Gasteiger partial charge in [-0.05, 0) is 53.8 Å². The van der Waals surface area contributed by atoms with Crippen molar-refractivity contribution < 1.29 is 13.2 Å². The van der Waals surface area contributed by atoms with E-state index in [2.05, 4.69) is 4.72 Å². The number of amides is 1. The molecule has 0 saturated carbocycles. The molecule has 0 radical (unpaired) electrons. The molecular formula is C18H17ClN2O3S. The standard InChI is InChI=1S/C18H17ClN2O3S/c19-15-5-3-12(4-6-15)11-25(23,24)20-16-8-13-2-1-7-21-17(22)10-14(9-16)18(13)21/h3-6,8-9,20H,1-2,7,10-11H2. The second-order valence-corrected chi connectivity index (χ2v) is 8.62. The highest BCUT2D eigenvalue weighted by atomic mass is 35.5. The Kier molecular flexibility index (Phi) is 3.96. The van der Waals surface area contributed by atoms with Gasteiger partial charge < -0.3 is 4.90 Å². The molecule has 2 aromatic carbocycles. The summed E-state index contributed by atoms with van der Waals surface area (Å²) in [5.41, 5.74) is 4.13. The van der Waals surface area contributed by atoms with Crippen molar-refractivity contribution in [3.8, 4) is 0 Å². The number of nitrogens with zero attached hydrogens (tertiary/aromatic N) is 1. The summed E-state index contributed by atoms with van der Waals surface area (Å²) in [6.07, 6.45) is 2.10. The first kappa shape index (κ1) is 16.4. The van der Waals surface area contributed by atoms with Gasteiger partial charge in [-0.1, -0.05) is 23.7 Å². The Balaban J connectivity index is 1.60. The third kappa shape index (κ3) is 3.24. The minimum Gasteiger partial charge on any atom is -0.312 e. The van der Waals surface area contributed by atoms with Gasteiger partial charge in [0.2, 0.25) is 15.9 Å². The lowest BCUT2D eigenvalue weighted by Gasteiger charge is -2.26. The fourth-order valence-electron chi connectivity index (χ4n) is 3.55. The fraction of sp³-hybridized carbons (Fsp3) is 0.278. The quantitative estimate of drug-likeness (QED) is 0.891. The van der Waals surface area contributed by atoms with Crippen LogP contribution in [0.4, 0.5) is 11.4 Å². The zero-order chi connectivity index (χ0) is 17.6. The summed E-state index contributed by atoms with van der Waals surface area (Å²) in [5, 5.41) is 0.570. The van der Waals surface area contributed by atoms with Crippen LogP contribution in [0, 0.1) is 0 Å². The van der Waals surface area contributed by atoms with Crippen molar-refractivity contribution in [1.82, 2.24) is 0 Å². The van der Waals surface area contributed by atoms with E-state index in [4.69, 9.17) is 11.6 Å². The molecular weight excluding hydrogens is 360 g/mol. The number of hydrogen-bond acceptors (Lipinski definition) is 3. The van der Waals surface area contributed by atoms with E-state index in [1.165, 1.54) is 0 Å². The summed E-state index contributed by atoms with van der Waals surface area (Å²) < 4.78 is 27.6. The summed E-state index contributed by atoms with van der Waals surface area (Å²) >= 11 is 5.83. The number of aryl methyl sites for hydroxylation is 1.